The summed E-state index contributed by atoms with van der Waals surface area (Å²) in [6.07, 6.45) is 6.41. The van der Waals surface area contributed by atoms with Crippen molar-refractivity contribution < 1.29 is 35.3 Å². The number of rotatable bonds is 15. The fourth-order valence-electron chi connectivity index (χ4n) is 7.26. The van der Waals surface area contributed by atoms with Crippen molar-refractivity contribution in [3.63, 3.8) is 0 Å². The van der Waals surface area contributed by atoms with Crippen LogP contribution in [0.25, 0.3) is 5.57 Å². The highest BCUT2D eigenvalue weighted by Gasteiger charge is 2.22. The molecule has 12 heteroatoms. The molecule has 0 bridgehead atoms. The molecule has 0 radical (unpaired) electrons. The van der Waals surface area contributed by atoms with Crippen molar-refractivity contribution in [3.8, 4) is 5.75 Å². The lowest BCUT2D eigenvalue weighted by Gasteiger charge is -2.25. The van der Waals surface area contributed by atoms with Crippen LogP contribution in [-0.2, 0) is 33.3 Å². The van der Waals surface area contributed by atoms with Crippen LogP contribution >= 0.6 is 0 Å². The van der Waals surface area contributed by atoms with Gasteiger partial charge in [0.05, 0.1) is 16.4 Å². The van der Waals surface area contributed by atoms with Crippen molar-refractivity contribution in [2.45, 2.75) is 57.5 Å². The second-order valence-corrected chi connectivity index (χ2v) is 17.2. The minimum atomic E-state index is -4.33. The summed E-state index contributed by atoms with van der Waals surface area (Å²) in [6.45, 7) is 13.1. The van der Waals surface area contributed by atoms with Gasteiger partial charge in [0.15, 0.2) is 6.54 Å². The lowest BCUT2D eigenvalue weighted by molar-refractivity contribution is -0.539. The monoisotopic (exact) mass is 832 g/mol. The van der Waals surface area contributed by atoms with Gasteiger partial charge in [0.25, 0.3) is 20.2 Å². The van der Waals surface area contributed by atoms with E-state index in [-0.39, 0.29) is 9.79 Å². The second-order valence-electron chi connectivity index (χ2n) is 14.3. The summed E-state index contributed by atoms with van der Waals surface area (Å²) in [5.74, 6) is 0.817. The highest BCUT2D eigenvalue weighted by molar-refractivity contribution is 7.86. The van der Waals surface area contributed by atoms with E-state index in [9.17, 15) is 25.9 Å². The zero-order valence-electron chi connectivity index (χ0n) is 33.9. The van der Waals surface area contributed by atoms with E-state index in [1.165, 1.54) is 24.3 Å². The molecule has 5 aromatic carbocycles. The molecular formula is C47H50N3O7S2+. The first-order valence-electron chi connectivity index (χ1n) is 19.5. The molecule has 10 nitrogen and oxygen atoms in total. The van der Waals surface area contributed by atoms with Crippen molar-refractivity contribution in [1.29, 1.82) is 0 Å². The molecule has 0 heterocycles. The third kappa shape index (κ3) is 10.6. The van der Waals surface area contributed by atoms with E-state index in [0.29, 0.717) is 32.8 Å². The topological polar surface area (TPSA) is 136 Å². The predicted molar refractivity (Wildman–Crippen MR) is 236 cm³/mol. The van der Waals surface area contributed by atoms with Gasteiger partial charge in [0.2, 0.25) is 5.71 Å². The number of hydrogen-bond acceptors (Lipinski definition) is 7. The summed E-state index contributed by atoms with van der Waals surface area (Å²) < 4.78 is 74.4. The van der Waals surface area contributed by atoms with Gasteiger partial charge in [-0.1, -0.05) is 42.5 Å². The van der Waals surface area contributed by atoms with Gasteiger partial charge in [-0.2, -0.15) is 16.8 Å². The smallest absolute Gasteiger partial charge is 0.294 e. The minimum Gasteiger partial charge on any atom is -0.494 e. The average molecular weight is 833 g/mol. The molecule has 1 aliphatic rings. The number of nitrogens with one attached hydrogen (secondary N) is 1. The molecule has 0 saturated heterocycles. The van der Waals surface area contributed by atoms with Gasteiger partial charge in [-0.25, -0.2) is 4.58 Å². The Morgan fingerprint density at radius 3 is 1.90 bits per heavy atom. The molecule has 0 atom stereocenters. The molecule has 306 valence electrons. The van der Waals surface area contributed by atoms with Crippen molar-refractivity contribution in [1.82, 2.24) is 0 Å². The highest BCUT2D eigenvalue weighted by Crippen LogP contribution is 2.36. The van der Waals surface area contributed by atoms with Crippen LogP contribution in [0.5, 0.6) is 5.75 Å². The van der Waals surface area contributed by atoms with Crippen molar-refractivity contribution in [2.75, 3.05) is 29.9 Å². The molecule has 5 aromatic rings. The van der Waals surface area contributed by atoms with E-state index in [4.69, 9.17) is 4.74 Å². The fraction of sp³-hybridized carbons (Fsp3) is 0.213. The number of benzene rings is 5. The number of hydrogen-bond donors (Lipinski definition) is 3. The number of nitrogens with zero attached hydrogens (tertiary/aromatic N) is 2. The number of allylic oxidation sites excluding steroid dienone is 5. The molecular weight excluding hydrogens is 783 g/mol. The molecule has 0 unspecified atom stereocenters. The van der Waals surface area contributed by atoms with Crippen molar-refractivity contribution in [2.24, 2.45) is 0 Å². The maximum Gasteiger partial charge on any atom is 0.294 e. The van der Waals surface area contributed by atoms with Gasteiger partial charge in [0.1, 0.15) is 12.3 Å². The van der Waals surface area contributed by atoms with Crippen LogP contribution in [0.1, 0.15) is 55.5 Å². The molecule has 0 saturated carbocycles. The Labute approximate surface area is 348 Å². The maximum absolute atomic E-state index is 11.8. The normalized spacial score (nSPS) is 14.7. The summed E-state index contributed by atoms with van der Waals surface area (Å²) in [5, 5.41) is 3.48. The molecule has 0 aliphatic heterocycles. The van der Waals surface area contributed by atoms with Crippen LogP contribution in [0, 0.1) is 6.92 Å². The second kappa shape index (κ2) is 18.4. The molecule has 59 heavy (non-hydrogen) atoms. The maximum atomic E-state index is 11.8. The average Bonchev–Trinajstić information content (AvgIpc) is 3.21. The minimum absolute atomic E-state index is 0.132. The van der Waals surface area contributed by atoms with Gasteiger partial charge in [-0.05, 0) is 153 Å². The summed E-state index contributed by atoms with van der Waals surface area (Å²) in [7, 11) is -8.65. The van der Waals surface area contributed by atoms with E-state index in [2.05, 4.69) is 96.3 Å². The number of ether oxygens (including phenoxy) is 1. The fourth-order valence-corrected chi connectivity index (χ4v) is 8.36. The first-order valence-corrected chi connectivity index (χ1v) is 22.4. The molecule has 0 fully saturated rings. The Bertz CT molecular complexity index is 2680. The van der Waals surface area contributed by atoms with E-state index in [0.717, 1.165) is 73.1 Å². The number of anilines is 3. The quantitative estimate of drug-likeness (QED) is 0.0696. The molecule has 0 amide bonds. The summed E-state index contributed by atoms with van der Waals surface area (Å²) >= 11 is 0. The Hall–Kier alpha value is -5.79. The third-order valence-corrected chi connectivity index (χ3v) is 11.9. The van der Waals surface area contributed by atoms with E-state index >= 15 is 0 Å². The van der Waals surface area contributed by atoms with Crippen LogP contribution in [-0.4, -0.2) is 55.9 Å². The first kappa shape index (κ1) is 42.8. The number of aryl methyl sites for hydroxylation is 1. The Kier molecular flexibility index (Phi) is 13.4. The molecule has 0 spiro atoms. The summed E-state index contributed by atoms with van der Waals surface area (Å²) in [5.41, 5.74) is 11.6. The van der Waals surface area contributed by atoms with Gasteiger partial charge in [-0.15, -0.1) is 0 Å². The van der Waals surface area contributed by atoms with Crippen molar-refractivity contribution >= 4 is 48.6 Å². The Morgan fingerprint density at radius 2 is 1.34 bits per heavy atom. The van der Waals surface area contributed by atoms with E-state index < -0.39 is 20.2 Å². The molecule has 1 aliphatic carbocycles. The zero-order valence-corrected chi connectivity index (χ0v) is 35.5. The molecule has 0 aromatic heterocycles. The van der Waals surface area contributed by atoms with Gasteiger partial charge in [0, 0.05) is 47.4 Å². The van der Waals surface area contributed by atoms with Crippen LogP contribution in [0.3, 0.4) is 0 Å². The lowest BCUT2D eigenvalue weighted by Crippen LogP contribution is -2.22. The van der Waals surface area contributed by atoms with Gasteiger partial charge < -0.3 is 15.0 Å². The van der Waals surface area contributed by atoms with E-state index in [1.54, 1.807) is 12.1 Å². The van der Waals surface area contributed by atoms with Crippen LogP contribution in [0.2, 0.25) is 0 Å². The Balaban J connectivity index is 1.38. The molecule has 3 N–H and O–H groups in total. The third-order valence-electron chi connectivity index (χ3n) is 10.2. The van der Waals surface area contributed by atoms with E-state index in [1.807, 2.05) is 50.2 Å². The lowest BCUT2D eigenvalue weighted by atomic mass is 9.87. The standard InChI is InChI=1S/C47H49N3O7S2/c1-6-49(31-35-11-9-13-43(29-35)58(51,52)53)41-22-25-45(33(4)28-41)47(37-15-18-39(19-16-37)48-40-20-23-42(24-21-40)57-8-3)38-17-26-46(34(5)27-38)50(7-2)32-36-12-10-14-44(30-36)59(54,55)56/h9-30H,6-8,31-32H2,1-5H3,(H2,51,52,53,54,55,56)/p+1. The van der Waals surface area contributed by atoms with Gasteiger partial charge >= 0.3 is 0 Å². The first-order chi connectivity index (χ1) is 28.2. The van der Waals surface area contributed by atoms with Crippen LogP contribution < -0.4 is 15.0 Å². The largest absolute Gasteiger partial charge is 0.494 e. The van der Waals surface area contributed by atoms with Crippen LogP contribution in [0.4, 0.5) is 17.1 Å². The highest BCUT2D eigenvalue weighted by atomic mass is 32.2. The van der Waals surface area contributed by atoms with Crippen LogP contribution in [0.15, 0.2) is 154 Å². The SMILES string of the molecule is CCOc1ccc(Nc2ccc(/C(=C3/C=CC(=[N+](CC)Cc4cccc(S(=O)(=O)O)c4)C(C)=C3)c3ccc(N(CC)Cc4cccc(S(=O)(=O)O)c4)cc3C)cc2)cc1. The van der Waals surface area contributed by atoms with Gasteiger partial charge in [-0.3, -0.25) is 9.11 Å². The zero-order chi connectivity index (χ0) is 42.3. The summed E-state index contributed by atoms with van der Waals surface area (Å²) in [6, 6.07) is 35.3. The predicted octanol–water partition coefficient (Wildman–Crippen LogP) is 9.65. The van der Waals surface area contributed by atoms with Crippen molar-refractivity contribution in [3.05, 3.63) is 172 Å². The Morgan fingerprint density at radius 1 is 0.729 bits per heavy atom. The summed E-state index contributed by atoms with van der Waals surface area (Å²) in [4.78, 5) is 1.89. The molecule has 6 rings (SSSR count).